The molecule has 2 nitrogen and oxygen atoms in total. The molecule has 0 spiro atoms. The fourth-order valence-corrected chi connectivity index (χ4v) is 3.61. The second kappa shape index (κ2) is 13.0. The minimum absolute atomic E-state index is 0.0995. The van der Waals surface area contributed by atoms with Crippen LogP contribution in [0.5, 0.6) is 0 Å². The molecule has 182 valence electrons. The molecule has 0 saturated heterocycles. The minimum Gasteiger partial charge on any atom is -0.494 e. The maximum Gasteiger partial charge on any atom is 0.166 e. The standard InChI is InChI=1S/C29H33F3O2/c1-7-34-21(4)18-27(30)22(5)20(3)10-8-19(2)9-11-24-14-17-26(29(32)28(24)31)23-12-15-25(33-6)16-13-23/h8,10,12,14,17-18,25H,2-5,7,9,11,13,15-16H2,1,6H3/b10-8-,27-18+. The molecule has 0 fully saturated rings. The van der Waals surface area contributed by atoms with Crippen molar-refractivity contribution in [1.82, 2.24) is 0 Å². The lowest BCUT2D eigenvalue weighted by Gasteiger charge is -2.21. The zero-order valence-corrected chi connectivity index (χ0v) is 20.1. The molecule has 1 aliphatic carbocycles. The fourth-order valence-electron chi connectivity index (χ4n) is 3.61. The van der Waals surface area contributed by atoms with Crippen molar-refractivity contribution >= 4 is 5.57 Å². The van der Waals surface area contributed by atoms with E-state index < -0.39 is 17.5 Å². The Kier molecular flexibility index (Phi) is 10.4. The smallest absolute Gasteiger partial charge is 0.166 e. The average molecular weight is 471 g/mol. The van der Waals surface area contributed by atoms with Gasteiger partial charge in [0, 0.05) is 24.3 Å². The van der Waals surface area contributed by atoms with E-state index in [1.807, 2.05) is 6.08 Å². The van der Waals surface area contributed by atoms with Crippen molar-refractivity contribution in [3.63, 3.8) is 0 Å². The first kappa shape index (κ1) is 27.2. The van der Waals surface area contributed by atoms with Gasteiger partial charge < -0.3 is 9.47 Å². The van der Waals surface area contributed by atoms with Gasteiger partial charge in [0.05, 0.1) is 12.7 Å². The number of aryl methyl sites for hydroxylation is 1. The Hall–Kier alpha value is -3.05. The molecule has 0 aliphatic heterocycles. The number of benzene rings is 1. The van der Waals surface area contributed by atoms with E-state index in [1.54, 1.807) is 38.3 Å². The Bertz CT molecular complexity index is 1040. The van der Waals surface area contributed by atoms with Gasteiger partial charge in [-0.15, -0.1) is 0 Å². The van der Waals surface area contributed by atoms with Crippen LogP contribution in [0.25, 0.3) is 5.57 Å². The highest BCUT2D eigenvalue weighted by molar-refractivity contribution is 5.67. The van der Waals surface area contributed by atoms with Gasteiger partial charge in [-0.3, -0.25) is 0 Å². The normalized spacial score (nSPS) is 16.3. The SMILES string of the molecule is C=C(/C=C\C(=C)C(=C)/C(F)=C\C(=C)OCC)CCc1ccc(C2=CCC(OC)CC2)c(F)c1F. The van der Waals surface area contributed by atoms with Crippen LogP contribution in [0.2, 0.25) is 0 Å². The monoisotopic (exact) mass is 470 g/mol. The van der Waals surface area contributed by atoms with Gasteiger partial charge in [-0.1, -0.05) is 62.2 Å². The van der Waals surface area contributed by atoms with Crippen LogP contribution < -0.4 is 0 Å². The zero-order valence-electron chi connectivity index (χ0n) is 20.1. The highest BCUT2D eigenvalue weighted by Gasteiger charge is 2.20. The summed E-state index contributed by atoms with van der Waals surface area (Å²) in [5, 5.41) is 0. The largest absolute Gasteiger partial charge is 0.494 e. The highest BCUT2D eigenvalue weighted by Crippen LogP contribution is 2.32. The van der Waals surface area contributed by atoms with E-state index in [1.165, 1.54) is 0 Å². The third kappa shape index (κ3) is 7.49. The van der Waals surface area contributed by atoms with Crippen LogP contribution in [0.15, 0.2) is 91.1 Å². The number of halogens is 3. The van der Waals surface area contributed by atoms with Crippen LogP contribution in [0.1, 0.15) is 43.7 Å². The molecule has 5 heteroatoms. The van der Waals surface area contributed by atoms with Crippen molar-refractivity contribution in [2.24, 2.45) is 0 Å². The summed E-state index contributed by atoms with van der Waals surface area (Å²) in [5.41, 5.74) is 2.54. The molecule has 0 heterocycles. The van der Waals surface area contributed by atoms with Crippen LogP contribution in [-0.4, -0.2) is 19.8 Å². The quantitative estimate of drug-likeness (QED) is 0.227. The summed E-state index contributed by atoms with van der Waals surface area (Å²) in [5.74, 6) is -2.05. The summed E-state index contributed by atoms with van der Waals surface area (Å²) in [7, 11) is 1.66. The molecule has 2 rings (SSSR count). The lowest BCUT2D eigenvalue weighted by atomic mass is 9.90. The van der Waals surface area contributed by atoms with Gasteiger partial charge in [0.25, 0.3) is 0 Å². The number of methoxy groups -OCH3 is 1. The van der Waals surface area contributed by atoms with Gasteiger partial charge in [0.15, 0.2) is 11.6 Å². The summed E-state index contributed by atoms with van der Waals surface area (Å²) >= 11 is 0. The van der Waals surface area contributed by atoms with Crippen LogP contribution >= 0.6 is 0 Å². The fraction of sp³-hybridized carbons (Fsp3) is 0.310. The molecular formula is C29H33F3O2. The number of ether oxygens (including phenoxy) is 2. The van der Waals surface area contributed by atoms with Crippen molar-refractivity contribution in [2.75, 3.05) is 13.7 Å². The van der Waals surface area contributed by atoms with E-state index >= 15 is 0 Å². The van der Waals surface area contributed by atoms with Gasteiger partial charge >= 0.3 is 0 Å². The minimum atomic E-state index is -0.830. The van der Waals surface area contributed by atoms with Crippen LogP contribution in [-0.2, 0) is 15.9 Å². The van der Waals surface area contributed by atoms with Crippen LogP contribution in [0, 0.1) is 11.6 Å². The molecule has 0 amide bonds. The van der Waals surface area contributed by atoms with Gasteiger partial charge in [-0.25, -0.2) is 13.2 Å². The predicted octanol–water partition coefficient (Wildman–Crippen LogP) is 8.11. The number of hydrogen-bond acceptors (Lipinski definition) is 2. The number of hydrogen-bond donors (Lipinski definition) is 0. The first-order chi connectivity index (χ1) is 16.2. The highest BCUT2D eigenvalue weighted by atomic mass is 19.2. The average Bonchev–Trinajstić information content (AvgIpc) is 2.83. The third-order valence-electron chi connectivity index (χ3n) is 5.73. The number of rotatable bonds is 12. The lowest BCUT2D eigenvalue weighted by molar-refractivity contribution is 0.0964. The van der Waals surface area contributed by atoms with Crippen molar-refractivity contribution in [3.05, 3.63) is 114 Å². The Balaban J connectivity index is 1.97. The van der Waals surface area contributed by atoms with E-state index in [-0.39, 0.29) is 29.4 Å². The summed E-state index contributed by atoms with van der Waals surface area (Å²) in [4.78, 5) is 0. The molecule has 0 radical (unpaired) electrons. The van der Waals surface area contributed by atoms with Gasteiger partial charge in [-0.05, 0) is 55.7 Å². The van der Waals surface area contributed by atoms with E-state index in [9.17, 15) is 13.2 Å². The summed E-state index contributed by atoms with van der Waals surface area (Å²) in [6.45, 7) is 17.2. The Morgan fingerprint density at radius 3 is 2.47 bits per heavy atom. The molecule has 0 N–H and O–H groups in total. The summed E-state index contributed by atoms with van der Waals surface area (Å²) in [6, 6.07) is 3.27. The van der Waals surface area contributed by atoms with Crippen LogP contribution in [0.3, 0.4) is 0 Å². The topological polar surface area (TPSA) is 18.5 Å². The maximum atomic E-state index is 14.7. The first-order valence-electron chi connectivity index (χ1n) is 11.3. The summed E-state index contributed by atoms with van der Waals surface area (Å²) < 4.78 is 54.1. The number of allylic oxidation sites excluding steroid dienone is 8. The van der Waals surface area contributed by atoms with Crippen molar-refractivity contribution in [3.8, 4) is 0 Å². The van der Waals surface area contributed by atoms with Crippen molar-refractivity contribution in [2.45, 2.75) is 45.1 Å². The predicted molar refractivity (Wildman–Crippen MR) is 134 cm³/mol. The first-order valence-corrected chi connectivity index (χ1v) is 11.3. The van der Waals surface area contributed by atoms with Crippen LogP contribution in [0.4, 0.5) is 13.2 Å². The van der Waals surface area contributed by atoms with Crippen molar-refractivity contribution < 1.29 is 22.6 Å². The molecule has 1 aliphatic rings. The zero-order chi connectivity index (χ0) is 25.3. The molecule has 1 unspecified atom stereocenters. The van der Waals surface area contributed by atoms with E-state index in [0.717, 1.165) is 18.1 Å². The van der Waals surface area contributed by atoms with Crippen molar-refractivity contribution in [1.29, 1.82) is 0 Å². The Morgan fingerprint density at radius 1 is 1.12 bits per heavy atom. The molecule has 1 aromatic rings. The maximum absolute atomic E-state index is 14.7. The Labute approximate surface area is 201 Å². The van der Waals surface area contributed by atoms with Gasteiger partial charge in [0.1, 0.15) is 11.6 Å². The molecule has 0 saturated carbocycles. The lowest BCUT2D eigenvalue weighted by Crippen LogP contribution is -2.14. The van der Waals surface area contributed by atoms with E-state index in [0.29, 0.717) is 42.6 Å². The van der Waals surface area contributed by atoms with Gasteiger partial charge in [-0.2, -0.15) is 0 Å². The molecule has 0 bridgehead atoms. The van der Waals surface area contributed by atoms with E-state index in [4.69, 9.17) is 9.47 Å². The molecular weight excluding hydrogens is 437 g/mol. The molecule has 1 aromatic carbocycles. The molecule has 34 heavy (non-hydrogen) atoms. The van der Waals surface area contributed by atoms with E-state index in [2.05, 4.69) is 26.3 Å². The summed E-state index contributed by atoms with van der Waals surface area (Å²) in [6.07, 6.45) is 9.29. The second-order valence-corrected chi connectivity index (χ2v) is 8.15. The molecule has 0 aromatic heterocycles. The second-order valence-electron chi connectivity index (χ2n) is 8.15. The third-order valence-corrected chi connectivity index (χ3v) is 5.73. The Morgan fingerprint density at radius 2 is 1.85 bits per heavy atom. The van der Waals surface area contributed by atoms with Gasteiger partial charge in [0.2, 0.25) is 0 Å². The molecule has 1 atom stereocenters.